The van der Waals surface area contributed by atoms with E-state index < -0.39 is 0 Å². The topological polar surface area (TPSA) is 45.5 Å². The number of hydrogen-bond acceptors (Lipinski definition) is 3. The van der Waals surface area contributed by atoms with Gasteiger partial charge >= 0.3 is 0 Å². The molecule has 3 atom stereocenters. The predicted octanol–water partition coefficient (Wildman–Crippen LogP) is 2.97. The van der Waals surface area contributed by atoms with Crippen LogP contribution in [0.15, 0.2) is 47.3 Å². The minimum atomic E-state index is 0.171. The number of furan rings is 1. The smallest absolute Gasteiger partial charge is 0.210 e. The molecule has 1 aromatic heterocycles. The largest absolute Gasteiger partial charge is 0.472 e. The molecule has 0 radical (unpaired) electrons. The highest BCUT2D eigenvalue weighted by molar-refractivity contribution is 5.61. The third-order valence-corrected chi connectivity index (χ3v) is 4.54. The second kappa shape index (κ2) is 4.40. The van der Waals surface area contributed by atoms with E-state index in [1.807, 2.05) is 23.1 Å². The van der Waals surface area contributed by atoms with Gasteiger partial charge in [0.1, 0.15) is 0 Å². The Kier molecular flexibility index (Phi) is 2.55. The fourth-order valence-electron chi connectivity index (χ4n) is 3.66. The molecule has 102 valence electrons. The van der Waals surface area contributed by atoms with E-state index in [4.69, 9.17) is 4.42 Å². The van der Waals surface area contributed by atoms with Gasteiger partial charge in [-0.3, -0.25) is 4.79 Å². The highest BCUT2D eigenvalue weighted by Crippen LogP contribution is 2.50. The molecule has 2 aromatic rings. The Hall–Kier alpha value is -2.23. The Balaban J connectivity index is 1.82. The van der Waals surface area contributed by atoms with Crippen LogP contribution < -0.4 is 5.32 Å². The molecule has 0 unspecified atom stereocenters. The first-order chi connectivity index (χ1) is 9.88. The van der Waals surface area contributed by atoms with Gasteiger partial charge in [-0.15, -0.1) is 0 Å². The lowest BCUT2D eigenvalue weighted by molar-refractivity contribution is -0.119. The van der Waals surface area contributed by atoms with E-state index in [0.717, 1.165) is 30.6 Å². The van der Waals surface area contributed by atoms with Gasteiger partial charge in [0.05, 0.1) is 24.6 Å². The van der Waals surface area contributed by atoms with Gasteiger partial charge in [0, 0.05) is 23.7 Å². The summed E-state index contributed by atoms with van der Waals surface area (Å²) in [7, 11) is 0. The molecule has 1 amide bonds. The summed E-state index contributed by atoms with van der Waals surface area (Å²) in [5.41, 5.74) is 3.50. The van der Waals surface area contributed by atoms with Crippen LogP contribution in [0.4, 0.5) is 5.69 Å². The van der Waals surface area contributed by atoms with Gasteiger partial charge in [-0.25, -0.2) is 0 Å². The van der Waals surface area contributed by atoms with Gasteiger partial charge in [0.25, 0.3) is 0 Å². The van der Waals surface area contributed by atoms with Gasteiger partial charge in [-0.1, -0.05) is 18.2 Å². The van der Waals surface area contributed by atoms with Gasteiger partial charge in [-0.2, -0.15) is 0 Å². The van der Waals surface area contributed by atoms with Crippen molar-refractivity contribution < 1.29 is 9.21 Å². The van der Waals surface area contributed by atoms with Gasteiger partial charge < -0.3 is 14.6 Å². The molecule has 0 spiro atoms. The number of carbonyl (C=O) groups excluding carboxylic acids is 1. The van der Waals surface area contributed by atoms with E-state index in [1.54, 1.807) is 12.5 Å². The molecule has 20 heavy (non-hydrogen) atoms. The Bertz CT molecular complexity index is 623. The number of anilines is 1. The quantitative estimate of drug-likeness (QED) is 0.852. The van der Waals surface area contributed by atoms with Crippen LogP contribution in [0, 0.1) is 5.92 Å². The van der Waals surface area contributed by atoms with E-state index in [9.17, 15) is 4.79 Å². The summed E-state index contributed by atoms with van der Waals surface area (Å²) in [6.45, 7) is 0.823. The summed E-state index contributed by atoms with van der Waals surface area (Å²) >= 11 is 0. The second-order valence-electron chi connectivity index (χ2n) is 5.51. The average molecular weight is 268 g/mol. The molecule has 1 fully saturated rings. The Morgan fingerprint density at radius 1 is 1.30 bits per heavy atom. The number of carbonyl (C=O) groups is 1. The molecule has 1 N–H and O–H groups in total. The maximum absolute atomic E-state index is 11.4. The zero-order chi connectivity index (χ0) is 13.5. The third kappa shape index (κ3) is 1.57. The van der Waals surface area contributed by atoms with E-state index in [1.165, 1.54) is 5.56 Å². The highest BCUT2D eigenvalue weighted by atomic mass is 16.3. The fraction of sp³-hybridized carbons (Fsp3) is 0.312. The average Bonchev–Trinajstić information content (AvgIpc) is 3.16. The molecular formula is C16H16N2O2. The number of amides is 1. The SMILES string of the molecule is O=CN1CC[C@H]2[C@@H](c3ccoc3)Nc3ccccc3[C@H]21. The van der Waals surface area contributed by atoms with Crippen LogP contribution in [0.3, 0.4) is 0 Å². The lowest BCUT2D eigenvalue weighted by atomic mass is 9.81. The number of nitrogens with zero attached hydrogens (tertiary/aromatic N) is 1. The van der Waals surface area contributed by atoms with Crippen molar-refractivity contribution in [2.24, 2.45) is 5.92 Å². The Labute approximate surface area is 117 Å². The number of likely N-dealkylation sites (tertiary alicyclic amines) is 1. The van der Waals surface area contributed by atoms with Crippen molar-refractivity contribution in [1.29, 1.82) is 0 Å². The summed E-state index contributed by atoms with van der Waals surface area (Å²) in [4.78, 5) is 13.3. The zero-order valence-corrected chi connectivity index (χ0v) is 11.0. The Morgan fingerprint density at radius 2 is 2.20 bits per heavy atom. The maximum Gasteiger partial charge on any atom is 0.210 e. The molecule has 2 aliphatic rings. The third-order valence-electron chi connectivity index (χ3n) is 4.54. The lowest BCUT2D eigenvalue weighted by Crippen LogP contribution is -2.33. The van der Waals surface area contributed by atoms with Crippen LogP contribution in [-0.2, 0) is 4.79 Å². The van der Waals surface area contributed by atoms with Crippen LogP contribution in [-0.4, -0.2) is 17.9 Å². The molecule has 0 bridgehead atoms. The number of rotatable bonds is 2. The molecule has 4 nitrogen and oxygen atoms in total. The van der Waals surface area contributed by atoms with Crippen molar-refractivity contribution in [2.45, 2.75) is 18.5 Å². The molecule has 2 aliphatic heterocycles. The normalized spacial score (nSPS) is 27.6. The molecule has 1 aromatic carbocycles. The van der Waals surface area contributed by atoms with Gasteiger partial charge in [0.2, 0.25) is 6.41 Å². The molecule has 3 heterocycles. The molecular weight excluding hydrogens is 252 g/mol. The van der Waals surface area contributed by atoms with Crippen molar-refractivity contribution >= 4 is 12.1 Å². The predicted molar refractivity (Wildman–Crippen MR) is 75.1 cm³/mol. The van der Waals surface area contributed by atoms with Crippen LogP contribution in [0.2, 0.25) is 0 Å². The summed E-state index contributed by atoms with van der Waals surface area (Å²) in [6.07, 6.45) is 5.50. The van der Waals surface area contributed by atoms with Crippen LogP contribution in [0.5, 0.6) is 0 Å². The highest BCUT2D eigenvalue weighted by Gasteiger charge is 2.44. The summed E-state index contributed by atoms with van der Waals surface area (Å²) in [5, 5.41) is 3.61. The van der Waals surface area contributed by atoms with Crippen molar-refractivity contribution in [3.8, 4) is 0 Å². The second-order valence-corrected chi connectivity index (χ2v) is 5.51. The van der Waals surface area contributed by atoms with Crippen molar-refractivity contribution in [1.82, 2.24) is 4.90 Å². The van der Waals surface area contributed by atoms with Crippen LogP contribution >= 0.6 is 0 Å². The number of nitrogens with one attached hydrogen (secondary N) is 1. The lowest BCUT2D eigenvalue weighted by Gasteiger charge is -2.38. The maximum atomic E-state index is 11.4. The number of fused-ring (bicyclic) bond motifs is 3. The minimum absolute atomic E-state index is 0.171. The summed E-state index contributed by atoms with van der Waals surface area (Å²) in [5.74, 6) is 0.396. The zero-order valence-electron chi connectivity index (χ0n) is 11.0. The minimum Gasteiger partial charge on any atom is -0.472 e. The van der Waals surface area contributed by atoms with Gasteiger partial charge in [-0.05, 0) is 24.1 Å². The molecule has 4 rings (SSSR count). The standard InChI is InChI=1S/C16H16N2O2/c19-10-18-7-5-13-15(11-6-8-20-9-11)17-14-4-2-1-3-12(14)16(13)18/h1-4,6,8-10,13,15-17H,5,7H2/t13-,15+,16+/m0/s1. The number of benzene rings is 1. The Morgan fingerprint density at radius 3 is 3.00 bits per heavy atom. The fourth-order valence-corrected chi connectivity index (χ4v) is 3.66. The molecule has 0 saturated carbocycles. The summed E-state index contributed by atoms with van der Waals surface area (Å²) < 4.78 is 5.23. The first-order valence-corrected chi connectivity index (χ1v) is 6.97. The first-order valence-electron chi connectivity index (χ1n) is 6.97. The first kappa shape index (κ1) is 11.6. The van der Waals surface area contributed by atoms with Crippen molar-refractivity contribution in [3.63, 3.8) is 0 Å². The number of hydrogen-bond donors (Lipinski definition) is 1. The van der Waals surface area contributed by atoms with E-state index in [2.05, 4.69) is 17.4 Å². The summed E-state index contributed by atoms with van der Waals surface area (Å²) in [6, 6.07) is 10.7. The van der Waals surface area contributed by atoms with Gasteiger partial charge in [0.15, 0.2) is 0 Å². The molecule has 4 heteroatoms. The van der Waals surface area contributed by atoms with Crippen LogP contribution in [0.1, 0.15) is 29.6 Å². The van der Waals surface area contributed by atoms with Crippen molar-refractivity contribution in [2.75, 3.05) is 11.9 Å². The number of para-hydroxylation sites is 1. The van der Waals surface area contributed by atoms with Crippen LogP contribution in [0.25, 0.3) is 0 Å². The van der Waals surface area contributed by atoms with E-state index in [0.29, 0.717) is 5.92 Å². The molecule has 1 saturated heterocycles. The molecule has 0 aliphatic carbocycles. The van der Waals surface area contributed by atoms with Crippen molar-refractivity contribution in [3.05, 3.63) is 54.0 Å². The monoisotopic (exact) mass is 268 g/mol. The van der Waals surface area contributed by atoms with E-state index >= 15 is 0 Å². The van der Waals surface area contributed by atoms with E-state index in [-0.39, 0.29) is 12.1 Å².